The Morgan fingerprint density at radius 1 is 1.43 bits per heavy atom. The summed E-state index contributed by atoms with van der Waals surface area (Å²) in [6.07, 6.45) is 1.29. The number of rotatable bonds is 4. The molecule has 2 rings (SSSR count). The summed E-state index contributed by atoms with van der Waals surface area (Å²) < 4.78 is 24.1. The van der Waals surface area contributed by atoms with E-state index in [4.69, 9.17) is 15.2 Å². The number of pyridine rings is 1. The first-order valence-corrected chi connectivity index (χ1v) is 6.86. The van der Waals surface area contributed by atoms with Crippen molar-refractivity contribution in [1.82, 2.24) is 4.98 Å². The van der Waals surface area contributed by atoms with Gasteiger partial charge < -0.3 is 15.2 Å². The van der Waals surface area contributed by atoms with Crippen molar-refractivity contribution in [3.63, 3.8) is 0 Å². The monoisotopic (exact) mass is 354 g/mol. The van der Waals surface area contributed by atoms with Gasteiger partial charge in [-0.05, 0) is 35.0 Å². The van der Waals surface area contributed by atoms with Gasteiger partial charge in [0.2, 0.25) is 5.88 Å². The lowest BCUT2D eigenvalue weighted by molar-refractivity contribution is 0.0527. The molecule has 0 spiro atoms. The van der Waals surface area contributed by atoms with Gasteiger partial charge in [0.05, 0.1) is 28.5 Å². The van der Waals surface area contributed by atoms with Crippen molar-refractivity contribution in [3.8, 4) is 11.6 Å². The van der Waals surface area contributed by atoms with E-state index in [9.17, 15) is 9.18 Å². The smallest absolute Gasteiger partial charge is 0.340 e. The summed E-state index contributed by atoms with van der Waals surface area (Å²) in [7, 11) is 0. The second-order valence-corrected chi connectivity index (χ2v) is 4.86. The topological polar surface area (TPSA) is 74.4 Å². The van der Waals surface area contributed by atoms with Gasteiger partial charge in [0, 0.05) is 12.1 Å². The van der Waals surface area contributed by atoms with Crippen LogP contribution in [0.1, 0.15) is 17.3 Å². The average molecular weight is 355 g/mol. The Kier molecular flexibility index (Phi) is 4.74. The van der Waals surface area contributed by atoms with Crippen molar-refractivity contribution < 1.29 is 18.7 Å². The lowest BCUT2D eigenvalue weighted by atomic mass is 10.2. The first-order chi connectivity index (χ1) is 10.0. The summed E-state index contributed by atoms with van der Waals surface area (Å²) in [6.45, 7) is 1.92. The van der Waals surface area contributed by atoms with Crippen molar-refractivity contribution >= 4 is 27.6 Å². The number of carbonyl (C=O) groups excluding carboxylic acids is 1. The van der Waals surface area contributed by atoms with E-state index in [0.717, 1.165) is 0 Å². The van der Waals surface area contributed by atoms with Gasteiger partial charge in [0.15, 0.2) is 0 Å². The fourth-order valence-electron chi connectivity index (χ4n) is 1.56. The van der Waals surface area contributed by atoms with Gasteiger partial charge in [-0.25, -0.2) is 14.2 Å². The highest BCUT2D eigenvalue weighted by atomic mass is 79.9. The largest absolute Gasteiger partial charge is 0.462 e. The second-order valence-electron chi connectivity index (χ2n) is 4.01. The molecule has 7 heteroatoms. The number of hydrogen-bond acceptors (Lipinski definition) is 5. The number of benzene rings is 1. The maximum Gasteiger partial charge on any atom is 0.340 e. The highest BCUT2D eigenvalue weighted by Gasteiger charge is 2.14. The van der Waals surface area contributed by atoms with E-state index in [0.29, 0.717) is 4.47 Å². The number of nitrogen functional groups attached to an aromatic ring is 1. The summed E-state index contributed by atoms with van der Waals surface area (Å²) in [5.74, 6) is -0.671. The van der Waals surface area contributed by atoms with Gasteiger partial charge in [-0.2, -0.15) is 0 Å². The second kappa shape index (κ2) is 6.53. The molecule has 0 radical (unpaired) electrons. The first kappa shape index (κ1) is 15.2. The minimum atomic E-state index is -0.569. The molecule has 1 aromatic carbocycles. The van der Waals surface area contributed by atoms with Crippen LogP contribution in [0.25, 0.3) is 0 Å². The SMILES string of the molecule is CCOC(=O)c1cc(Oc2cc(F)ccc2Br)ncc1N. The van der Waals surface area contributed by atoms with Gasteiger partial charge in [-0.15, -0.1) is 0 Å². The molecule has 5 nitrogen and oxygen atoms in total. The van der Waals surface area contributed by atoms with Crippen molar-refractivity contribution in [2.24, 2.45) is 0 Å². The summed E-state index contributed by atoms with van der Waals surface area (Å²) >= 11 is 3.24. The molecule has 2 aromatic rings. The Morgan fingerprint density at radius 3 is 2.90 bits per heavy atom. The Bertz CT molecular complexity index is 679. The van der Waals surface area contributed by atoms with E-state index >= 15 is 0 Å². The minimum Gasteiger partial charge on any atom is -0.462 e. The molecule has 0 bridgehead atoms. The van der Waals surface area contributed by atoms with E-state index < -0.39 is 11.8 Å². The number of esters is 1. The molecule has 0 saturated carbocycles. The Labute approximate surface area is 129 Å². The summed E-state index contributed by atoms with van der Waals surface area (Å²) in [5.41, 5.74) is 6.01. The van der Waals surface area contributed by atoms with Gasteiger partial charge in [0.1, 0.15) is 11.6 Å². The number of nitrogens with zero attached hydrogens (tertiary/aromatic N) is 1. The Morgan fingerprint density at radius 2 is 2.19 bits per heavy atom. The molecule has 2 N–H and O–H groups in total. The zero-order chi connectivity index (χ0) is 15.4. The predicted octanol–water partition coefficient (Wildman–Crippen LogP) is 3.53. The fourth-order valence-corrected chi connectivity index (χ4v) is 1.88. The normalized spacial score (nSPS) is 10.2. The Hall–Kier alpha value is -2.15. The molecule has 0 fully saturated rings. The number of carbonyl (C=O) groups is 1. The van der Waals surface area contributed by atoms with Crippen LogP contribution in [-0.2, 0) is 4.74 Å². The van der Waals surface area contributed by atoms with E-state index in [1.807, 2.05) is 0 Å². The highest BCUT2D eigenvalue weighted by Crippen LogP contribution is 2.30. The quantitative estimate of drug-likeness (QED) is 0.850. The molecule has 0 aliphatic heterocycles. The predicted molar refractivity (Wildman–Crippen MR) is 78.8 cm³/mol. The third-order valence-corrected chi connectivity index (χ3v) is 3.17. The van der Waals surface area contributed by atoms with Crippen LogP contribution in [0.15, 0.2) is 34.9 Å². The number of ether oxygens (including phenoxy) is 2. The summed E-state index contributed by atoms with van der Waals surface area (Å²) in [4.78, 5) is 15.7. The van der Waals surface area contributed by atoms with Gasteiger partial charge in [-0.1, -0.05) is 0 Å². The maximum absolute atomic E-state index is 13.2. The summed E-state index contributed by atoms with van der Waals surface area (Å²) in [5, 5.41) is 0. The van der Waals surface area contributed by atoms with Gasteiger partial charge in [-0.3, -0.25) is 0 Å². The van der Waals surface area contributed by atoms with Crippen LogP contribution >= 0.6 is 15.9 Å². The third-order valence-electron chi connectivity index (χ3n) is 2.51. The average Bonchev–Trinajstić information content (AvgIpc) is 2.45. The number of halogens is 2. The van der Waals surface area contributed by atoms with Crippen LogP contribution in [0.4, 0.5) is 10.1 Å². The van der Waals surface area contributed by atoms with E-state index in [1.54, 1.807) is 6.92 Å². The van der Waals surface area contributed by atoms with Crippen molar-refractivity contribution in [1.29, 1.82) is 0 Å². The Balaban J connectivity index is 2.31. The van der Waals surface area contributed by atoms with Crippen LogP contribution in [0.5, 0.6) is 11.6 Å². The molecule has 110 valence electrons. The van der Waals surface area contributed by atoms with Crippen LogP contribution in [0, 0.1) is 5.82 Å². The highest BCUT2D eigenvalue weighted by molar-refractivity contribution is 9.10. The van der Waals surface area contributed by atoms with Gasteiger partial charge in [0.25, 0.3) is 0 Å². The van der Waals surface area contributed by atoms with Crippen LogP contribution in [0.2, 0.25) is 0 Å². The minimum absolute atomic E-state index is 0.110. The van der Waals surface area contributed by atoms with Crippen molar-refractivity contribution in [2.75, 3.05) is 12.3 Å². The standard InChI is InChI=1S/C14H12BrFN2O3/c1-2-20-14(19)9-6-13(18-7-11(9)17)21-12-5-8(16)3-4-10(12)15/h3-7H,2,17H2,1H3. The summed E-state index contributed by atoms with van der Waals surface area (Å²) in [6, 6.07) is 5.35. The lowest BCUT2D eigenvalue weighted by Crippen LogP contribution is -2.08. The van der Waals surface area contributed by atoms with Gasteiger partial charge >= 0.3 is 5.97 Å². The molecular formula is C14H12BrFN2O3. The molecule has 0 aliphatic rings. The van der Waals surface area contributed by atoms with Crippen molar-refractivity contribution in [2.45, 2.75) is 6.92 Å². The zero-order valence-electron chi connectivity index (χ0n) is 11.1. The van der Waals surface area contributed by atoms with E-state index in [2.05, 4.69) is 20.9 Å². The molecule has 21 heavy (non-hydrogen) atoms. The molecule has 1 aromatic heterocycles. The van der Waals surface area contributed by atoms with Crippen LogP contribution < -0.4 is 10.5 Å². The first-order valence-electron chi connectivity index (χ1n) is 6.06. The molecule has 0 saturated heterocycles. The number of anilines is 1. The number of hydrogen-bond donors (Lipinski definition) is 1. The van der Waals surface area contributed by atoms with E-state index in [-0.39, 0.29) is 29.5 Å². The van der Waals surface area contributed by atoms with Crippen LogP contribution in [0.3, 0.4) is 0 Å². The number of aromatic nitrogens is 1. The molecule has 0 unspecified atom stereocenters. The van der Waals surface area contributed by atoms with Crippen LogP contribution in [-0.4, -0.2) is 17.6 Å². The van der Waals surface area contributed by atoms with Crippen molar-refractivity contribution in [3.05, 3.63) is 46.3 Å². The fraction of sp³-hybridized carbons (Fsp3) is 0.143. The molecule has 0 atom stereocenters. The third kappa shape index (κ3) is 3.69. The number of nitrogens with two attached hydrogens (primary N) is 1. The molecular weight excluding hydrogens is 343 g/mol. The molecule has 0 amide bonds. The lowest BCUT2D eigenvalue weighted by Gasteiger charge is -2.09. The molecule has 0 aliphatic carbocycles. The zero-order valence-corrected chi connectivity index (χ0v) is 12.7. The molecule has 1 heterocycles. The van der Waals surface area contributed by atoms with E-state index in [1.165, 1.54) is 30.5 Å². The maximum atomic E-state index is 13.2.